The summed E-state index contributed by atoms with van der Waals surface area (Å²) in [6.07, 6.45) is 5.88. The van der Waals surface area contributed by atoms with Crippen LogP contribution >= 0.6 is 0 Å². The van der Waals surface area contributed by atoms with Crippen molar-refractivity contribution < 1.29 is 4.39 Å². The van der Waals surface area contributed by atoms with Gasteiger partial charge in [0.25, 0.3) is 0 Å². The Labute approximate surface area is 196 Å². The number of nitrogen functional groups attached to an aromatic ring is 1. The van der Waals surface area contributed by atoms with E-state index in [1.807, 2.05) is 56.4 Å². The summed E-state index contributed by atoms with van der Waals surface area (Å²) in [5.74, 6) is 1.27. The molecule has 0 amide bonds. The highest BCUT2D eigenvalue weighted by Crippen LogP contribution is 2.31. The molecule has 0 saturated heterocycles. The smallest absolute Gasteiger partial charge is 0.183 e. The van der Waals surface area contributed by atoms with Crippen LogP contribution in [-0.2, 0) is 13.5 Å². The predicted octanol–water partition coefficient (Wildman–Crippen LogP) is 4.91. The first kappa shape index (κ1) is 21.5. The molecule has 0 fully saturated rings. The highest BCUT2D eigenvalue weighted by molar-refractivity contribution is 5.92. The van der Waals surface area contributed by atoms with Crippen LogP contribution in [0.5, 0.6) is 0 Å². The zero-order valence-corrected chi connectivity index (χ0v) is 18.9. The standard InChI is InChI=1S/C26H24FN7/c1-3-16-6-9-22(27)21(13-16)23(26-32-25(33-34(26)2)18-5-4-11-29-15-18)31-19-7-8-20-17(14-19)10-12-30-24(20)28/h4-15,23,31H,3H2,1-2H3,(H2,28,30). The fourth-order valence-electron chi connectivity index (χ4n) is 4.04. The molecule has 170 valence electrons. The molecule has 5 rings (SSSR count). The van der Waals surface area contributed by atoms with Crippen LogP contribution in [0.1, 0.15) is 29.9 Å². The minimum absolute atomic E-state index is 0.310. The summed E-state index contributed by atoms with van der Waals surface area (Å²) >= 11 is 0. The molecule has 2 aromatic carbocycles. The van der Waals surface area contributed by atoms with E-state index in [4.69, 9.17) is 10.7 Å². The normalized spacial score (nSPS) is 12.1. The number of halogens is 1. The van der Waals surface area contributed by atoms with E-state index in [9.17, 15) is 0 Å². The molecule has 0 aliphatic carbocycles. The fourth-order valence-corrected chi connectivity index (χ4v) is 4.04. The van der Waals surface area contributed by atoms with Gasteiger partial charge in [-0.05, 0) is 59.8 Å². The molecule has 3 N–H and O–H groups in total. The van der Waals surface area contributed by atoms with Crippen LogP contribution in [0, 0.1) is 5.82 Å². The van der Waals surface area contributed by atoms with Crippen LogP contribution in [0.3, 0.4) is 0 Å². The second-order valence-corrected chi connectivity index (χ2v) is 8.08. The maximum atomic E-state index is 15.2. The summed E-state index contributed by atoms with van der Waals surface area (Å²) in [7, 11) is 1.81. The molecular weight excluding hydrogens is 429 g/mol. The number of benzene rings is 2. The molecule has 1 atom stereocenters. The van der Waals surface area contributed by atoms with Crippen molar-refractivity contribution in [3.63, 3.8) is 0 Å². The Bertz CT molecular complexity index is 1460. The van der Waals surface area contributed by atoms with Crippen molar-refractivity contribution in [3.8, 4) is 11.4 Å². The maximum Gasteiger partial charge on any atom is 0.183 e. The lowest BCUT2D eigenvalue weighted by Crippen LogP contribution is -2.19. The second kappa shape index (κ2) is 8.90. The Morgan fingerprint density at radius 2 is 1.97 bits per heavy atom. The summed E-state index contributed by atoms with van der Waals surface area (Å²) in [5, 5.41) is 9.86. The van der Waals surface area contributed by atoms with Gasteiger partial charge in [0.15, 0.2) is 11.6 Å². The quantitative estimate of drug-likeness (QED) is 0.379. The molecule has 0 radical (unpaired) electrons. The molecule has 0 saturated carbocycles. The summed E-state index contributed by atoms with van der Waals surface area (Å²) in [4.78, 5) is 13.1. The first-order chi connectivity index (χ1) is 16.5. The Kier molecular flexibility index (Phi) is 5.63. The van der Waals surface area contributed by atoms with Crippen LogP contribution in [0.4, 0.5) is 15.9 Å². The second-order valence-electron chi connectivity index (χ2n) is 8.08. The third-order valence-corrected chi connectivity index (χ3v) is 5.86. The van der Waals surface area contributed by atoms with Crippen LogP contribution in [0.2, 0.25) is 0 Å². The fraction of sp³-hybridized carbons (Fsp3) is 0.154. The van der Waals surface area contributed by atoms with Crippen molar-refractivity contribution in [2.45, 2.75) is 19.4 Å². The third-order valence-electron chi connectivity index (χ3n) is 5.86. The molecule has 3 heterocycles. The Hall–Kier alpha value is -4.33. The van der Waals surface area contributed by atoms with E-state index in [1.165, 1.54) is 6.07 Å². The van der Waals surface area contributed by atoms with E-state index in [0.29, 0.717) is 23.0 Å². The molecular formula is C26H24FN7. The van der Waals surface area contributed by atoms with E-state index in [0.717, 1.165) is 34.0 Å². The highest BCUT2D eigenvalue weighted by atomic mass is 19.1. The first-order valence-corrected chi connectivity index (χ1v) is 11.0. The molecule has 1 unspecified atom stereocenters. The lowest BCUT2D eigenvalue weighted by Gasteiger charge is -2.21. The van der Waals surface area contributed by atoms with Gasteiger partial charge in [0, 0.05) is 47.8 Å². The summed E-state index contributed by atoms with van der Waals surface area (Å²) in [5.41, 5.74) is 9.14. The largest absolute Gasteiger partial charge is 0.383 e. The zero-order chi connectivity index (χ0) is 23.7. The number of nitrogens with one attached hydrogen (secondary N) is 1. The lowest BCUT2D eigenvalue weighted by atomic mass is 10.0. The van der Waals surface area contributed by atoms with E-state index in [2.05, 4.69) is 20.4 Å². The molecule has 3 aromatic heterocycles. The number of hydrogen-bond donors (Lipinski definition) is 2. The molecule has 0 bridgehead atoms. The van der Waals surface area contributed by atoms with Crippen LogP contribution in [0.25, 0.3) is 22.2 Å². The van der Waals surface area contributed by atoms with Crippen molar-refractivity contribution >= 4 is 22.3 Å². The molecule has 34 heavy (non-hydrogen) atoms. The molecule has 0 aliphatic heterocycles. The molecule has 5 aromatic rings. The monoisotopic (exact) mass is 453 g/mol. The van der Waals surface area contributed by atoms with E-state index < -0.39 is 6.04 Å². The summed E-state index contributed by atoms with van der Waals surface area (Å²) < 4.78 is 16.9. The van der Waals surface area contributed by atoms with Gasteiger partial charge < -0.3 is 11.1 Å². The Morgan fingerprint density at radius 1 is 1.09 bits per heavy atom. The number of rotatable bonds is 6. The molecule has 8 heteroatoms. The number of hydrogen-bond acceptors (Lipinski definition) is 6. The number of aryl methyl sites for hydroxylation is 2. The highest BCUT2D eigenvalue weighted by Gasteiger charge is 2.25. The number of fused-ring (bicyclic) bond motifs is 1. The van der Waals surface area contributed by atoms with Gasteiger partial charge >= 0.3 is 0 Å². The van der Waals surface area contributed by atoms with Gasteiger partial charge in [-0.15, -0.1) is 0 Å². The number of anilines is 2. The SMILES string of the molecule is CCc1ccc(F)c(C(Nc2ccc3c(N)nccc3c2)c2nc(-c3cccnc3)nn2C)c1. The van der Waals surface area contributed by atoms with Gasteiger partial charge in [-0.1, -0.05) is 19.1 Å². The number of pyridine rings is 2. The first-order valence-electron chi connectivity index (χ1n) is 11.0. The average molecular weight is 454 g/mol. The van der Waals surface area contributed by atoms with Crippen molar-refractivity contribution in [3.05, 3.63) is 96.0 Å². The topological polar surface area (TPSA) is 94.5 Å². The molecule has 0 spiro atoms. The van der Waals surface area contributed by atoms with Gasteiger partial charge in [0.05, 0.1) is 0 Å². The van der Waals surface area contributed by atoms with Crippen molar-refractivity contribution in [2.75, 3.05) is 11.1 Å². The molecule has 0 aliphatic rings. The lowest BCUT2D eigenvalue weighted by molar-refractivity contribution is 0.590. The van der Waals surface area contributed by atoms with Crippen molar-refractivity contribution in [2.24, 2.45) is 7.05 Å². The van der Waals surface area contributed by atoms with Crippen LogP contribution in [0.15, 0.2) is 73.2 Å². The van der Waals surface area contributed by atoms with Gasteiger partial charge in [-0.2, -0.15) is 5.10 Å². The number of nitrogens with two attached hydrogens (primary N) is 1. The van der Waals surface area contributed by atoms with Gasteiger partial charge in [0.2, 0.25) is 0 Å². The van der Waals surface area contributed by atoms with E-state index in [1.54, 1.807) is 29.3 Å². The Morgan fingerprint density at radius 3 is 2.76 bits per heavy atom. The van der Waals surface area contributed by atoms with E-state index >= 15 is 4.39 Å². The van der Waals surface area contributed by atoms with Crippen molar-refractivity contribution in [1.29, 1.82) is 0 Å². The van der Waals surface area contributed by atoms with Crippen LogP contribution < -0.4 is 11.1 Å². The van der Waals surface area contributed by atoms with Gasteiger partial charge in [-0.25, -0.2) is 14.4 Å². The average Bonchev–Trinajstić information content (AvgIpc) is 3.25. The molecule has 7 nitrogen and oxygen atoms in total. The number of aromatic nitrogens is 5. The zero-order valence-electron chi connectivity index (χ0n) is 18.9. The predicted molar refractivity (Wildman–Crippen MR) is 132 cm³/mol. The minimum atomic E-state index is -0.578. The minimum Gasteiger partial charge on any atom is -0.383 e. The maximum absolute atomic E-state index is 15.2. The van der Waals surface area contributed by atoms with Crippen LogP contribution in [-0.4, -0.2) is 24.7 Å². The van der Waals surface area contributed by atoms with Gasteiger partial charge in [0.1, 0.15) is 17.7 Å². The summed E-state index contributed by atoms with van der Waals surface area (Å²) in [6, 6.07) is 16.0. The Balaban J connectivity index is 1.62. The van der Waals surface area contributed by atoms with Gasteiger partial charge in [-0.3, -0.25) is 9.67 Å². The third kappa shape index (κ3) is 4.05. The summed E-state index contributed by atoms with van der Waals surface area (Å²) in [6.45, 7) is 2.05. The van der Waals surface area contributed by atoms with E-state index in [-0.39, 0.29) is 5.82 Å². The number of nitrogens with zero attached hydrogens (tertiary/aromatic N) is 5. The van der Waals surface area contributed by atoms with Crippen molar-refractivity contribution in [1.82, 2.24) is 24.7 Å².